The number of nitrogens with one attached hydrogen (secondary N) is 1. The number of piperidine rings is 1. The first-order chi connectivity index (χ1) is 8.25. The normalized spacial score (nSPS) is 20.9. The Morgan fingerprint density at radius 3 is 3.06 bits per heavy atom. The molecule has 1 aliphatic rings. The average Bonchev–Trinajstić information content (AvgIpc) is 2.68. The van der Waals surface area contributed by atoms with E-state index < -0.39 is 0 Å². The van der Waals surface area contributed by atoms with E-state index >= 15 is 0 Å². The number of hydrogen-bond donors (Lipinski definition) is 1. The van der Waals surface area contributed by atoms with Gasteiger partial charge in [-0.2, -0.15) is 0 Å². The standard InChI is InChI=1S/C13H16FN3/c1-17-12-8-9(14)5-6-10(12)16-13(17)11-4-2-3-7-15-11/h5-6,8,11,15H,2-4,7H2,1H3. The SMILES string of the molecule is Cn1c(C2CCCCN2)nc2ccc(F)cc21. The van der Waals surface area contributed by atoms with Crippen molar-refractivity contribution in [3.63, 3.8) is 0 Å². The number of nitrogens with zero attached hydrogens (tertiary/aromatic N) is 2. The van der Waals surface area contributed by atoms with Gasteiger partial charge in [0.2, 0.25) is 0 Å². The molecule has 0 spiro atoms. The van der Waals surface area contributed by atoms with Gasteiger partial charge in [-0.15, -0.1) is 0 Å². The fraction of sp³-hybridized carbons (Fsp3) is 0.462. The van der Waals surface area contributed by atoms with Crippen LogP contribution in [0.25, 0.3) is 11.0 Å². The zero-order valence-corrected chi connectivity index (χ0v) is 9.91. The third kappa shape index (κ3) is 1.82. The Labute approximate surface area is 99.7 Å². The van der Waals surface area contributed by atoms with Gasteiger partial charge < -0.3 is 9.88 Å². The van der Waals surface area contributed by atoms with Crippen molar-refractivity contribution in [2.24, 2.45) is 7.05 Å². The minimum absolute atomic E-state index is 0.205. The van der Waals surface area contributed by atoms with E-state index in [-0.39, 0.29) is 5.82 Å². The third-order valence-electron chi connectivity index (χ3n) is 3.50. The molecule has 3 nitrogen and oxygen atoms in total. The quantitative estimate of drug-likeness (QED) is 0.820. The maximum Gasteiger partial charge on any atom is 0.126 e. The van der Waals surface area contributed by atoms with Crippen LogP contribution >= 0.6 is 0 Å². The summed E-state index contributed by atoms with van der Waals surface area (Å²) in [7, 11) is 1.96. The van der Waals surface area contributed by atoms with E-state index in [1.165, 1.54) is 18.9 Å². The maximum atomic E-state index is 13.2. The van der Waals surface area contributed by atoms with Crippen molar-refractivity contribution >= 4 is 11.0 Å². The van der Waals surface area contributed by atoms with Crippen molar-refractivity contribution in [3.8, 4) is 0 Å². The van der Waals surface area contributed by atoms with Gasteiger partial charge >= 0.3 is 0 Å². The number of hydrogen-bond acceptors (Lipinski definition) is 2. The highest BCUT2D eigenvalue weighted by Crippen LogP contribution is 2.25. The molecule has 1 aliphatic heterocycles. The second-order valence-electron chi connectivity index (χ2n) is 4.66. The summed E-state index contributed by atoms with van der Waals surface area (Å²) < 4.78 is 15.2. The minimum atomic E-state index is -0.205. The number of imidazole rings is 1. The lowest BCUT2D eigenvalue weighted by molar-refractivity contribution is 0.392. The summed E-state index contributed by atoms with van der Waals surface area (Å²) in [6.45, 7) is 1.04. The van der Waals surface area contributed by atoms with E-state index in [2.05, 4.69) is 10.3 Å². The third-order valence-corrected chi connectivity index (χ3v) is 3.50. The Morgan fingerprint density at radius 2 is 2.29 bits per heavy atom. The van der Waals surface area contributed by atoms with Crippen LogP contribution < -0.4 is 5.32 Å². The Balaban J connectivity index is 2.07. The van der Waals surface area contributed by atoms with E-state index in [1.54, 1.807) is 12.1 Å². The first-order valence-electron chi connectivity index (χ1n) is 6.11. The Kier molecular flexibility index (Phi) is 2.59. The molecule has 3 rings (SSSR count). The molecule has 1 N–H and O–H groups in total. The Morgan fingerprint density at radius 1 is 1.41 bits per heavy atom. The lowest BCUT2D eigenvalue weighted by atomic mass is 10.0. The number of fused-ring (bicyclic) bond motifs is 1. The van der Waals surface area contributed by atoms with E-state index in [4.69, 9.17) is 0 Å². The molecule has 2 heterocycles. The molecule has 0 radical (unpaired) electrons. The number of halogens is 1. The zero-order chi connectivity index (χ0) is 11.8. The van der Waals surface area contributed by atoms with Crippen LogP contribution in [-0.4, -0.2) is 16.1 Å². The van der Waals surface area contributed by atoms with Crippen molar-refractivity contribution < 1.29 is 4.39 Å². The summed E-state index contributed by atoms with van der Waals surface area (Å²) in [5.74, 6) is 0.814. The van der Waals surface area contributed by atoms with Crippen LogP contribution in [-0.2, 0) is 7.05 Å². The van der Waals surface area contributed by atoms with E-state index in [9.17, 15) is 4.39 Å². The van der Waals surface area contributed by atoms with Crippen LogP contribution in [0, 0.1) is 5.82 Å². The van der Waals surface area contributed by atoms with Gasteiger partial charge in [0.15, 0.2) is 0 Å². The number of aryl methyl sites for hydroxylation is 1. The zero-order valence-electron chi connectivity index (χ0n) is 9.91. The summed E-state index contributed by atoms with van der Waals surface area (Å²) in [6, 6.07) is 5.07. The van der Waals surface area contributed by atoms with E-state index in [1.807, 2.05) is 11.6 Å². The Hall–Kier alpha value is -1.42. The first kappa shape index (κ1) is 10.7. The van der Waals surface area contributed by atoms with Crippen molar-refractivity contribution in [1.82, 2.24) is 14.9 Å². The molecule has 0 saturated carbocycles. The van der Waals surface area contributed by atoms with Gasteiger partial charge in [-0.05, 0) is 37.6 Å². The van der Waals surface area contributed by atoms with Crippen molar-refractivity contribution in [2.75, 3.05) is 6.54 Å². The monoisotopic (exact) mass is 233 g/mol. The van der Waals surface area contributed by atoms with Crippen molar-refractivity contribution in [3.05, 3.63) is 29.8 Å². The van der Waals surface area contributed by atoms with Gasteiger partial charge in [-0.3, -0.25) is 0 Å². The fourth-order valence-electron chi connectivity index (χ4n) is 2.57. The molecule has 1 aromatic carbocycles. The molecule has 0 amide bonds. The predicted molar refractivity (Wildman–Crippen MR) is 65.3 cm³/mol. The smallest absolute Gasteiger partial charge is 0.126 e. The highest BCUT2D eigenvalue weighted by molar-refractivity contribution is 5.76. The topological polar surface area (TPSA) is 29.9 Å². The van der Waals surface area contributed by atoms with Crippen LogP contribution in [0.15, 0.2) is 18.2 Å². The highest BCUT2D eigenvalue weighted by Gasteiger charge is 2.20. The molecule has 1 fully saturated rings. The molecule has 1 saturated heterocycles. The van der Waals surface area contributed by atoms with E-state index in [0.717, 1.165) is 29.8 Å². The summed E-state index contributed by atoms with van der Waals surface area (Å²) in [5, 5.41) is 3.47. The van der Waals surface area contributed by atoms with Crippen LogP contribution in [0.5, 0.6) is 0 Å². The first-order valence-corrected chi connectivity index (χ1v) is 6.11. The average molecular weight is 233 g/mol. The number of aromatic nitrogens is 2. The van der Waals surface area contributed by atoms with Gasteiger partial charge in [0, 0.05) is 7.05 Å². The van der Waals surface area contributed by atoms with Crippen LogP contribution in [0.3, 0.4) is 0 Å². The molecule has 1 atom stereocenters. The van der Waals surface area contributed by atoms with Crippen molar-refractivity contribution in [1.29, 1.82) is 0 Å². The van der Waals surface area contributed by atoms with Crippen LogP contribution in [0.4, 0.5) is 4.39 Å². The van der Waals surface area contributed by atoms with E-state index in [0.29, 0.717) is 6.04 Å². The molecule has 4 heteroatoms. The summed E-state index contributed by atoms with van der Waals surface area (Å²) >= 11 is 0. The van der Waals surface area contributed by atoms with Gasteiger partial charge in [0.1, 0.15) is 11.6 Å². The molecule has 1 unspecified atom stereocenters. The van der Waals surface area contributed by atoms with Gasteiger partial charge in [-0.25, -0.2) is 9.37 Å². The minimum Gasteiger partial charge on any atom is -0.330 e. The Bertz CT molecular complexity index is 541. The molecule has 2 aromatic rings. The molecule has 1 aromatic heterocycles. The van der Waals surface area contributed by atoms with Gasteiger partial charge in [0.05, 0.1) is 17.1 Å². The van der Waals surface area contributed by atoms with Crippen LogP contribution in [0.1, 0.15) is 31.1 Å². The fourth-order valence-corrected chi connectivity index (χ4v) is 2.57. The molecule has 17 heavy (non-hydrogen) atoms. The van der Waals surface area contributed by atoms with Crippen LogP contribution in [0.2, 0.25) is 0 Å². The maximum absolute atomic E-state index is 13.2. The predicted octanol–water partition coefficient (Wildman–Crippen LogP) is 2.53. The van der Waals surface area contributed by atoms with Gasteiger partial charge in [0.25, 0.3) is 0 Å². The lowest BCUT2D eigenvalue weighted by Crippen LogP contribution is -2.28. The number of rotatable bonds is 1. The van der Waals surface area contributed by atoms with Crippen molar-refractivity contribution in [2.45, 2.75) is 25.3 Å². The second kappa shape index (κ2) is 4.11. The summed E-state index contributed by atoms with van der Waals surface area (Å²) in [4.78, 5) is 4.61. The van der Waals surface area contributed by atoms with Gasteiger partial charge in [-0.1, -0.05) is 6.42 Å². The largest absolute Gasteiger partial charge is 0.330 e. The lowest BCUT2D eigenvalue weighted by Gasteiger charge is -2.22. The molecule has 0 aliphatic carbocycles. The molecule has 90 valence electrons. The molecular formula is C13H16FN3. The second-order valence-corrected chi connectivity index (χ2v) is 4.66. The molecular weight excluding hydrogens is 217 g/mol. The highest BCUT2D eigenvalue weighted by atomic mass is 19.1. The summed E-state index contributed by atoms with van der Waals surface area (Å²) in [5.41, 5.74) is 1.74. The number of benzene rings is 1. The summed E-state index contributed by atoms with van der Waals surface area (Å²) in [6.07, 6.45) is 3.57. The molecule has 0 bridgehead atoms.